The third kappa shape index (κ3) is 24.9. The van der Waals surface area contributed by atoms with E-state index in [2.05, 4.69) is 12.5 Å². The van der Waals surface area contributed by atoms with Crippen LogP contribution in [0.5, 0.6) is 0 Å². The van der Waals surface area contributed by atoms with Gasteiger partial charge in [0.2, 0.25) is 0 Å². The van der Waals surface area contributed by atoms with Gasteiger partial charge in [0.1, 0.15) is 11.6 Å². The Kier molecular flexibility index (Phi) is 31.6. The summed E-state index contributed by atoms with van der Waals surface area (Å²) in [6.45, 7) is 12.9. The second kappa shape index (κ2) is 23.2. The molecule has 136 valence electrons. The third-order valence-electron chi connectivity index (χ3n) is 2.70. The highest BCUT2D eigenvalue weighted by atomic mass is 33.1. The lowest BCUT2D eigenvalue weighted by atomic mass is 9.85. The van der Waals surface area contributed by atoms with Crippen LogP contribution in [0.2, 0.25) is 0 Å². The van der Waals surface area contributed by atoms with Crippen LogP contribution < -0.4 is 5.73 Å². The number of ketones is 2. The van der Waals surface area contributed by atoms with Crippen molar-refractivity contribution in [3.05, 3.63) is 0 Å². The maximum Gasteiger partial charge on any atom is 0.143 e. The molecule has 3 N–H and O–H groups in total. The van der Waals surface area contributed by atoms with Gasteiger partial charge in [0, 0.05) is 5.92 Å². The Balaban J connectivity index is -0.000000122. The van der Waals surface area contributed by atoms with Crippen LogP contribution in [0.15, 0.2) is 0 Å². The van der Waals surface area contributed by atoms with Gasteiger partial charge in [-0.05, 0) is 39.2 Å². The van der Waals surface area contributed by atoms with Crippen molar-refractivity contribution < 1.29 is 14.7 Å². The predicted octanol–water partition coefficient (Wildman–Crippen LogP) is 3.81. The molecule has 0 aliphatic carbocycles. The molecule has 0 amide bonds. The van der Waals surface area contributed by atoms with Crippen LogP contribution in [0.3, 0.4) is 0 Å². The molecule has 0 spiro atoms. The Labute approximate surface area is 145 Å². The Bertz CT molecular complexity index is 248. The van der Waals surface area contributed by atoms with Gasteiger partial charge in [-0.25, -0.2) is 0 Å². The van der Waals surface area contributed by atoms with Crippen LogP contribution >= 0.6 is 21.6 Å². The number of Topliss-reactive ketones (excluding diaryl/α,β-unsaturated/α-hetero) is 2. The Morgan fingerprint density at radius 2 is 1.41 bits per heavy atom. The standard InChI is InChI=1S/C9H18O2.C3H7NO.C2H6S2.C2H6/c1-5-6(2)9(7(3)10)8(4)11;1-3(5)2-4;1-3-4-2;1-2/h6-7,9-10H,5H2,1-4H3;2,4H2,1H3;1-2H3;1-2H3. The van der Waals surface area contributed by atoms with Crippen molar-refractivity contribution in [2.75, 3.05) is 19.1 Å². The number of hydrogen-bond donors (Lipinski definition) is 2. The zero-order valence-electron chi connectivity index (χ0n) is 15.8. The average Bonchev–Trinajstić information content (AvgIpc) is 2.49. The summed E-state index contributed by atoms with van der Waals surface area (Å²) in [6, 6.07) is 0. The van der Waals surface area contributed by atoms with Crippen molar-refractivity contribution in [1.82, 2.24) is 0 Å². The zero-order chi connectivity index (χ0) is 18.7. The number of carbonyl (C=O) groups excluding carboxylic acids is 2. The number of hydrogen-bond acceptors (Lipinski definition) is 6. The molecule has 0 rings (SSSR count). The van der Waals surface area contributed by atoms with E-state index in [1.165, 1.54) is 6.92 Å². The fraction of sp³-hybridized carbons (Fsp3) is 0.875. The van der Waals surface area contributed by atoms with Gasteiger partial charge < -0.3 is 10.8 Å². The molecule has 0 saturated carbocycles. The molecular formula is C16H37NO3S2. The minimum atomic E-state index is -0.512. The first-order valence-corrected chi connectivity index (χ1v) is 10.6. The first kappa shape index (κ1) is 29.9. The van der Waals surface area contributed by atoms with Gasteiger partial charge >= 0.3 is 0 Å². The molecular weight excluding hydrogens is 318 g/mol. The minimum Gasteiger partial charge on any atom is -0.393 e. The van der Waals surface area contributed by atoms with E-state index in [0.717, 1.165) is 6.42 Å². The van der Waals surface area contributed by atoms with Crippen LogP contribution in [-0.4, -0.2) is 41.8 Å². The summed E-state index contributed by atoms with van der Waals surface area (Å²) < 4.78 is 0. The summed E-state index contributed by atoms with van der Waals surface area (Å²) in [5.74, 6) is 0.229. The Hall–Kier alpha value is -0.0400. The minimum absolute atomic E-state index is 0.0324. The normalized spacial score (nSPS) is 12.9. The van der Waals surface area contributed by atoms with Crippen molar-refractivity contribution in [3.8, 4) is 0 Å². The van der Waals surface area contributed by atoms with Crippen molar-refractivity contribution in [2.24, 2.45) is 17.6 Å². The number of aliphatic hydroxyl groups is 1. The van der Waals surface area contributed by atoms with Gasteiger partial charge in [0.05, 0.1) is 12.6 Å². The molecule has 22 heavy (non-hydrogen) atoms. The molecule has 0 heterocycles. The Morgan fingerprint density at radius 1 is 1.09 bits per heavy atom. The topological polar surface area (TPSA) is 80.4 Å². The quantitative estimate of drug-likeness (QED) is 0.705. The van der Waals surface area contributed by atoms with E-state index < -0.39 is 6.10 Å². The molecule has 0 saturated heterocycles. The second-order valence-corrected chi connectivity index (χ2v) is 7.17. The molecule has 4 nitrogen and oxygen atoms in total. The van der Waals surface area contributed by atoms with Crippen LogP contribution in [-0.2, 0) is 9.59 Å². The molecule has 0 aliphatic rings. The van der Waals surface area contributed by atoms with Crippen molar-refractivity contribution in [3.63, 3.8) is 0 Å². The lowest BCUT2D eigenvalue weighted by molar-refractivity contribution is -0.126. The van der Waals surface area contributed by atoms with Crippen molar-refractivity contribution >= 4 is 33.2 Å². The monoisotopic (exact) mass is 355 g/mol. The van der Waals surface area contributed by atoms with Gasteiger partial charge in [-0.1, -0.05) is 55.7 Å². The lowest BCUT2D eigenvalue weighted by Gasteiger charge is -2.22. The molecule has 0 aromatic carbocycles. The number of rotatable bonds is 6. The van der Waals surface area contributed by atoms with Crippen LogP contribution in [0.25, 0.3) is 0 Å². The highest BCUT2D eigenvalue weighted by Crippen LogP contribution is 2.19. The van der Waals surface area contributed by atoms with Gasteiger partial charge in [-0.15, -0.1) is 0 Å². The van der Waals surface area contributed by atoms with Crippen molar-refractivity contribution in [1.29, 1.82) is 0 Å². The van der Waals surface area contributed by atoms with Gasteiger partial charge in [-0.2, -0.15) is 0 Å². The Morgan fingerprint density at radius 3 is 1.45 bits per heavy atom. The summed E-state index contributed by atoms with van der Waals surface area (Å²) in [7, 11) is 3.55. The summed E-state index contributed by atoms with van der Waals surface area (Å²) >= 11 is 0. The van der Waals surface area contributed by atoms with E-state index in [4.69, 9.17) is 5.73 Å². The summed E-state index contributed by atoms with van der Waals surface area (Å²) in [5.41, 5.74) is 4.82. The summed E-state index contributed by atoms with van der Waals surface area (Å²) in [6.07, 6.45) is 4.55. The molecule has 3 unspecified atom stereocenters. The molecule has 0 aromatic rings. The van der Waals surface area contributed by atoms with Crippen molar-refractivity contribution in [2.45, 2.75) is 61.0 Å². The zero-order valence-corrected chi connectivity index (χ0v) is 17.4. The molecule has 0 aliphatic heterocycles. The highest BCUT2D eigenvalue weighted by Gasteiger charge is 2.24. The SMILES string of the molecule is CC.CC(=O)CN.CCC(C)C(C(C)=O)C(C)O.CSSC. The van der Waals surface area contributed by atoms with Crippen LogP contribution in [0, 0.1) is 11.8 Å². The van der Waals surface area contributed by atoms with Gasteiger partial charge in [-0.3, -0.25) is 9.59 Å². The molecule has 0 radical (unpaired) electrons. The molecule has 0 bridgehead atoms. The van der Waals surface area contributed by atoms with E-state index in [9.17, 15) is 14.7 Å². The summed E-state index contributed by atoms with van der Waals surface area (Å²) in [5, 5.41) is 9.26. The molecule has 6 heteroatoms. The predicted molar refractivity (Wildman–Crippen MR) is 103 cm³/mol. The maximum atomic E-state index is 11.0. The maximum absolute atomic E-state index is 11.0. The van der Waals surface area contributed by atoms with Gasteiger partial charge in [0.15, 0.2) is 0 Å². The lowest BCUT2D eigenvalue weighted by Crippen LogP contribution is -2.29. The number of carbonyl (C=O) groups is 2. The number of aliphatic hydroxyl groups excluding tert-OH is 1. The van der Waals surface area contributed by atoms with Crippen LogP contribution in [0.1, 0.15) is 54.9 Å². The van der Waals surface area contributed by atoms with E-state index >= 15 is 0 Å². The second-order valence-electron chi connectivity index (χ2n) is 4.50. The first-order chi connectivity index (χ1) is 10.2. The van der Waals surface area contributed by atoms with E-state index in [1.807, 2.05) is 27.7 Å². The fourth-order valence-corrected chi connectivity index (χ4v) is 1.47. The van der Waals surface area contributed by atoms with E-state index in [1.54, 1.807) is 35.4 Å². The van der Waals surface area contributed by atoms with Gasteiger partial charge in [0.25, 0.3) is 0 Å². The molecule has 0 fully saturated rings. The first-order valence-electron chi connectivity index (χ1n) is 7.64. The highest BCUT2D eigenvalue weighted by molar-refractivity contribution is 8.76. The molecule has 0 aromatic heterocycles. The largest absolute Gasteiger partial charge is 0.393 e. The fourth-order valence-electron chi connectivity index (χ4n) is 1.47. The van der Waals surface area contributed by atoms with E-state index in [0.29, 0.717) is 0 Å². The smallest absolute Gasteiger partial charge is 0.143 e. The van der Waals surface area contributed by atoms with E-state index in [-0.39, 0.29) is 29.9 Å². The average molecular weight is 356 g/mol. The van der Waals surface area contributed by atoms with Crippen LogP contribution in [0.4, 0.5) is 0 Å². The summed E-state index contributed by atoms with van der Waals surface area (Å²) in [4.78, 5) is 20.7. The number of nitrogens with two attached hydrogens (primary N) is 1. The third-order valence-corrected chi connectivity index (χ3v) is 4.03. The molecule has 3 atom stereocenters.